The number of ether oxygens (including phenoxy) is 1. The molecule has 0 saturated carbocycles. The second kappa shape index (κ2) is 6.37. The molecule has 0 amide bonds. The second-order valence-electron chi connectivity index (χ2n) is 5.20. The molecule has 0 aliphatic rings. The van der Waals surface area contributed by atoms with Crippen molar-refractivity contribution in [2.24, 2.45) is 0 Å². The van der Waals surface area contributed by atoms with Gasteiger partial charge in [-0.3, -0.25) is 0 Å². The van der Waals surface area contributed by atoms with E-state index in [2.05, 4.69) is 4.98 Å². The number of aromatic hydroxyl groups is 2. The van der Waals surface area contributed by atoms with Gasteiger partial charge in [-0.15, -0.1) is 11.3 Å². The van der Waals surface area contributed by atoms with Gasteiger partial charge < -0.3 is 19.4 Å². The average molecular weight is 345 g/mol. The molecule has 24 heavy (non-hydrogen) atoms. The standard InChI is InChI=1S/C17H15NO5S/c1-9-5-6-11(15(20)14(9)19)17(21)22-8-12-10(2)23-16(18-12)13-4-3-7-24-13/h3-7,19-20H,8H2,1-2H3. The molecule has 2 aromatic heterocycles. The minimum Gasteiger partial charge on any atom is -0.504 e. The largest absolute Gasteiger partial charge is 0.504 e. The third-order valence-corrected chi connectivity index (χ3v) is 4.40. The Morgan fingerprint density at radius 3 is 2.75 bits per heavy atom. The number of carbonyl (C=O) groups is 1. The van der Waals surface area contributed by atoms with Crippen LogP contribution < -0.4 is 0 Å². The zero-order valence-corrected chi connectivity index (χ0v) is 13.9. The first kappa shape index (κ1) is 16.1. The molecule has 3 rings (SSSR count). The average Bonchev–Trinajstić information content (AvgIpc) is 3.20. The summed E-state index contributed by atoms with van der Waals surface area (Å²) in [5.74, 6) is -0.535. The van der Waals surface area contributed by atoms with Crippen LogP contribution in [0.3, 0.4) is 0 Å². The number of phenolic OH excluding ortho intramolecular Hbond substituents is 2. The van der Waals surface area contributed by atoms with Crippen LogP contribution in [-0.2, 0) is 11.3 Å². The highest BCUT2D eigenvalue weighted by molar-refractivity contribution is 7.13. The van der Waals surface area contributed by atoms with Gasteiger partial charge in [-0.05, 0) is 36.9 Å². The third kappa shape index (κ3) is 2.98. The van der Waals surface area contributed by atoms with E-state index in [1.165, 1.54) is 23.5 Å². The maximum atomic E-state index is 12.1. The molecule has 0 saturated heterocycles. The Balaban J connectivity index is 1.74. The number of hydrogen-bond donors (Lipinski definition) is 2. The maximum absolute atomic E-state index is 12.1. The second-order valence-corrected chi connectivity index (χ2v) is 6.15. The van der Waals surface area contributed by atoms with Crippen molar-refractivity contribution < 1.29 is 24.2 Å². The fourth-order valence-corrected chi connectivity index (χ4v) is 2.77. The van der Waals surface area contributed by atoms with E-state index >= 15 is 0 Å². The highest BCUT2D eigenvalue weighted by Crippen LogP contribution is 2.32. The zero-order chi connectivity index (χ0) is 17.3. The van der Waals surface area contributed by atoms with Crippen molar-refractivity contribution in [2.75, 3.05) is 0 Å². The summed E-state index contributed by atoms with van der Waals surface area (Å²) in [7, 11) is 0. The number of benzene rings is 1. The topological polar surface area (TPSA) is 92.8 Å². The van der Waals surface area contributed by atoms with Crippen LogP contribution in [0.25, 0.3) is 10.8 Å². The quantitative estimate of drug-likeness (QED) is 0.552. The third-order valence-electron chi connectivity index (χ3n) is 3.54. The van der Waals surface area contributed by atoms with E-state index in [4.69, 9.17) is 9.15 Å². The lowest BCUT2D eigenvalue weighted by atomic mass is 10.1. The van der Waals surface area contributed by atoms with E-state index in [1.807, 2.05) is 17.5 Å². The van der Waals surface area contributed by atoms with Gasteiger partial charge in [0.2, 0.25) is 5.89 Å². The SMILES string of the molecule is Cc1ccc(C(=O)OCc2nc(-c3cccs3)oc2C)c(O)c1O. The molecule has 0 fully saturated rings. The Morgan fingerprint density at radius 1 is 1.25 bits per heavy atom. The van der Waals surface area contributed by atoms with Crippen LogP contribution >= 0.6 is 11.3 Å². The highest BCUT2D eigenvalue weighted by Gasteiger charge is 2.19. The number of aromatic nitrogens is 1. The summed E-state index contributed by atoms with van der Waals surface area (Å²) in [4.78, 5) is 17.3. The molecule has 2 heterocycles. The van der Waals surface area contributed by atoms with Crippen molar-refractivity contribution >= 4 is 17.3 Å². The van der Waals surface area contributed by atoms with Gasteiger partial charge in [0.05, 0.1) is 4.88 Å². The lowest BCUT2D eigenvalue weighted by molar-refractivity contribution is 0.0463. The van der Waals surface area contributed by atoms with Gasteiger partial charge in [0.25, 0.3) is 0 Å². The molecule has 0 spiro atoms. The van der Waals surface area contributed by atoms with E-state index in [-0.39, 0.29) is 17.9 Å². The smallest absolute Gasteiger partial charge is 0.342 e. The number of oxazole rings is 1. The summed E-state index contributed by atoms with van der Waals surface area (Å²) in [6, 6.07) is 6.71. The van der Waals surface area contributed by atoms with Crippen molar-refractivity contribution in [3.05, 3.63) is 52.2 Å². The summed E-state index contributed by atoms with van der Waals surface area (Å²) in [6.07, 6.45) is 0. The number of esters is 1. The normalized spacial score (nSPS) is 10.8. The molecule has 0 aliphatic heterocycles. The molecule has 3 aromatic rings. The summed E-state index contributed by atoms with van der Waals surface area (Å²) < 4.78 is 10.7. The Bertz CT molecular complexity index is 883. The van der Waals surface area contributed by atoms with Crippen LogP contribution in [0.5, 0.6) is 11.5 Å². The van der Waals surface area contributed by atoms with Crippen molar-refractivity contribution in [1.82, 2.24) is 4.98 Å². The van der Waals surface area contributed by atoms with Gasteiger partial charge in [0, 0.05) is 0 Å². The molecule has 124 valence electrons. The van der Waals surface area contributed by atoms with Gasteiger partial charge >= 0.3 is 5.97 Å². The van der Waals surface area contributed by atoms with Crippen molar-refractivity contribution in [1.29, 1.82) is 0 Å². The molecule has 0 atom stereocenters. The Kier molecular flexibility index (Phi) is 4.26. The highest BCUT2D eigenvalue weighted by atomic mass is 32.1. The molecule has 6 nitrogen and oxygen atoms in total. The van der Waals surface area contributed by atoms with Crippen LogP contribution in [-0.4, -0.2) is 21.2 Å². The van der Waals surface area contributed by atoms with Crippen LogP contribution in [0.1, 0.15) is 27.4 Å². The molecular weight excluding hydrogens is 330 g/mol. The predicted octanol–water partition coefficient (Wildman–Crippen LogP) is 3.79. The van der Waals surface area contributed by atoms with Gasteiger partial charge in [-0.1, -0.05) is 12.1 Å². The summed E-state index contributed by atoms with van der Waals surface area (Å²) in [5.41, 5.74) is 0.872. The van der Waals surface area contributed by atoms with Crippen LogP contribution in [0.2, 0.25) is 0 Å². The number of thiophene rings is 1. The molecule has 0 radical (unpaired) electrons. The first-order chi connectivity index (χ1) is 11.5. The molecule has 7 heteroatoms. The Hall–Kier alpha value is -2.80. The van der Waals surface area contributed by atoms with Gasteiger partial charge in [-0.2, -0.15) is 0 Å². The van der Waals surface area contributed by atoms with Gasteiger partial charge in [0.15, 0.2) is 11.5 Å². The minimum absolute atomic E-state index is 0.0897. The molecular formula is C17H15NO5S. The monoisotopic (exact) mass is 345 g/mol. The number of aryl methyl sites for hydroxylation is 2. The zero-order valence-electron chi connectivity index (χ0n) is 13.1. The van der Waals surface area contributed by atoms with Gasteiger partial charge in [-0.25, -0.2) is 9.78 Å². The molecule has 2 N–H and O–H groups in total. The lowest BCUT2D eigenvalue weighted by Crippen LogP contribution is -2.06. The maximum Gasteiger partial charge on any atom is 0.342 e. The van der Waals surface area contributed by atoms with E-state index in [0.717, 1.165) is 4.88 Å². The van der Waals surface area contributed by atoms with E-state index in [1.54, 1.807) is 13.8 Å². The fourth-order valence-electron chi connectivity index (χ4n) is 2.12. The van der Waals surface area contributed by atoms with Crippen molar-refractivity contribution in [2.45, 2.75) is 20.5 Å². The Morgan fingerprint density at radius 2 is 2.04 bits per heavy atom. The fraction of sp³-hybridized carbons (Fsp3) is 0.176. The van der Waals surface area contributed by atoms with Gasteiger partial charge in [0.1, 0.15) is 23.6 Å². The van der Waals surface area contributed by atoms with Crippen molar-refractivity contribution in [3.63, 3.8) is 0 Å². The number of carbonyl (C=O) groups excluding carboxylic acids is 1. The lowest BCUT2D eigenvalue weighted by Gasteiger charge is -2.08. The first-order valence-corrected chi connectivity index (χ1v) is 8.04. The van der Waals surface area contributed by atoms with Crippen LogP contribution in [0.4, 0.5) is 0 Å². The van der Waals surface area contributed by atoms with Crippen LogP contribution in [0.15, 0.2) is 34.1 Å². The number of hydrogen-bond acceptors (Lipinski definition) is 7. The summed E-state index contributed by atoms with van der Waals surface area (Å²) in [6.45, 7) is 3.27. The number of rotatable bonds is 4. The minimum atomic E-state index is -0.747. The molecule has 1 aromatic carbocycles. The predicted molar refractivity (Wildman–Crippen MR) is 88.2 cm³/mol. The molecule has 0 bridgehead atoms. The summed E-state index contributed by atoms with van der Waals surface area (Å²) >= 11 is 1.50. The van der Waals surface area contributed by atoms with E-state index in [0.29, 0.717) is 22.9 Å². The number of nitrogens with zero attached hydrogens (tertiary/aromatic N) is 1. The van der Waals surface area contributed by atoms with E-state index < -0.39 is 11.7 Å². The Labute approximate surface area is 142 Å². The van der Waals surface area contributed by atoms with Crippen LogP contribution in [0, 0.1) is 13.8 Å². The molecule has 0 aliphatic carbocycles. The molecule has 0 unspecified atom stereocenters. The number of phenols is 2. The first-order valence-electron chi connectivity index (χ1n) is 7.16. The summed E-state index contributed by atoms with van der Waals surface area (Å²) in [5, 5.41) is 21.5. The van der Waals surface area contributed by atoms with E-state index in [9.17, 15) is 15.0 Å². The van der Waals surface area contributed by atoms with Crippen molar-refractivity contribution in [3.8, 4) is 22.3 Å².